The first-order valence-corrected chi connectivity index (χ1v) is 5.89. The van der Waals surface area contributed by atoms with Crippen molar-refractivity contribution in [1.29, 1.82) is 0 Å². The lowest BCUT2D eigenvalue weighted by Crippen LogP contribution is -2.35. The fourth-order valence-electron chi connectivity index (χ4n) is 2.11. The molecule has 0 spiro atoms. The van der Waals surface area contributed by atoms with Crippen molar-refractivity contribution in [1.82, 2.24) is 4.90 Å². The highest BCUT2D eigenvalue weighted by Crippen LogP contribution is 2.47. The van der Waals surface area contributed by atoms with Crippen molar-refractivity contribution >= 4 is 33.4 Å². The van der Waals surface area contributed by atoms with Crippen molar-refractivity contribution < 1.29 is 9.18 Å². The van der Waals surface area contributed by atoms with Gasteiger partial charge in [0.15, 0.2) is 5.84 Å². The number of hydrogen-bond acceptors (Lipinski definition) is 2. The van der Waals surface area contributed by atoms with Crippen molar-refractivity contribution in [2.24, 2.45) is 4.99 Å². The molecule has 0 radical (unpaired) electrons. The highest BCUT2D eigenvalue weighted by molar-refractivity contribution is 9.10. The third-order valence-corrected chi connectivity index (χ3v) is 3.42. The number of amides is 1. The van der Waals surface area contributed by atoms with Gasteiger partial charge in [-0.2, -0.15) is 0 Å². The van der Waals surface area contributed by atoms with Crippen LogP contribution in [0.1, 0.15) is 12.5 Å². The van der Waals surface area contributed by atoms with E-state index in [-0.39, 0.29) is 11.7 Å². The van der Waals surface area contributed by atoms with Crippen LogP contribution in [0.15, 0.2) is 39.9 Å². The normalized spacial score (nSPS) is 24.6. The summed E-state index contributed by atoms with van der Waals surface area (Å²) in [6, 6.07) is 5.23. The first-order chi connectivity index (χ1) is 8.02. The topological polar surface area (TPSA) is 32.7 Å². The Hall–Kier alpha value is -1.49. The average molecular weight is 295 g/mol. The summed E-state index contributed by atoms with van der Waals surface area (Å²) in [5, 5.41) is 0. The zero-order valence-electron chi connectivity index (χ0n) is 8.95. The summed E-state index contributed by atoms with van der Waals surface area (Å²) in [5.41, 5.74) is -0.728. The minimum absolute atomic E-state index is 0.137. The predicted octanol–water partition coefficient (Wildman–Crippen LogP) is 3.03. The molecular formula is C12H8BrFN2O. The summed E-state index contributed by atoms with van der Waals surface area (Å²) in [7, 11) is 0. The van der Waals surface area contributed by atoms with E-state index >= 15 is 0 Å². The summed E-state index contributed by atoms with van der Waals surface area (Å²) in [4.78, 5) is 16.8. The quantitative estimate of drug-likeness (QED) is 0.724. The molecule has 0 aliphatic carbocycles. The molecule has 0 N–H and O–H groups in total. The van der Waals surface area contributed by atoms with Gasteiger partial charge in [-0.25, -0.2) is 9.38 Å². The van der Waals surface area contributed by atoms with Crippen LogP contribution in [0.25, 0.3) is 0 Å². The van der Waals surface area contributed by atoms with Crippen molar-refractivity contribution in [3.05, 3.63) is 40.5 Å². The van der Waals surface area contributed by atoms with Crippen molar-refractivity contribution in [2.75, 3.05) is 0 Å². The van der Waals surface area contributed by atoms with Crippen LogP contribution in [0, 0.1) is 0 Å². The molecule has 2 aliphatic rings. The van der Waals surface area contributed by atoms with Crippen LogP contribution in [-0.2, 0) is 10.5 Å². The molecule has 5 heteroatoms. The van der Waals surface area contributed by atoms with E-state index in [4.69, 9.17) is 0 Å². The van der Waals surface area contributed by atoms with Crippen LogP contribution in [0.2, 0.25) is 0 Å². The van der Waals surface area contributed by atoms with Gasteiger partial charge in [-0.05, 0) is 24.3 Å². The first-order valence-electron chi connectivity index (χ1n) is 5.09. The maximum Gasteiger partial charge on any atom is 0.228 e. The average Bonchev–Trinajstić information content (AvgIpc) is 2.72. The van der Waals surface area contributed by atoms with Crippen LogP contribution in [-0.4, -0.2) is 16.6 Å². The number of nitrogens with zero attached hydrogens (tertiary/aromatic N) is 2. The molecule has 0 bridgehead atoms. The van der Waals surface area contributed by atoms with Gasteiger partial charge in [-0.3, -0.25) is 9.69 Å². The van der Waals surface area contributed by atoms with Crippen LogP contribution in [0.5, 0.6) is 0 Å². The molecule has 0 unspecified atom stereocenters. The van der Waals surface area contributed by atoms with Gasteiger partial charge in [-0.15, -0.1) is 0 Å². The van der Waals surface area contributed by atoms with E-state index < -0.39 is 5.67 Å². The molecule has 2 aliphatic heterocycles. The molecular weight excluding hydrogens is 287 g/mol. The molecule has 1 amide bonds. The SMILES string of the molecule is CC(=O)N1C=C[C@]2(F)C1=Nc1ccc(Br)cc12. The standard InChI is InChI=1S/C12H8BrFN2O/c1-7(17)16-5-4-12(14)9-6-8(13)2-3-10(9)15-11(12)16/h2-6H,1H3/t12-/m1/s1. The van der Waals surface area contributed by atoms with Gasteiger partial charge in [-0.1, -0.05) is 15.9 Å². The molecule has 17 heavy (non-hydrogen) atoms. The van der Waals surface area contributed by atoms with Crippen molar-refractivity contribution in [3.8, 4) is 0 Å². The van der Waals surface area contributed by atoms with Gasteiger partial charge in [0.05, 0.1) is 5.69 Å². The molecule has 0 saturated carbocycles. The minimum Gasteiger partial charge on any atom is -0.274 e. The van der Waals surface area contributed by atoms with Crippen LogP contribution >= 0.6 is 15.9 Å². The second-order valence-corrected chi connectivity index (χ2v) is 4.93. The molecule has 0 fully saturated rings. The van der Waals surface area contributed by atoms with Crippen LogP contribution in [0.4, 0.5) is 10.1 Å². The molecule has 1 atom stereocenters. The molecule has 3 rings (SSSR count). The van der Waals surface area contributed by atoms with Crippen molar-refractivity contribution in [3.63, 3.8) is 0 Å². The highest BCUT2D eigenvalue weighted by Gasteiger charge is 2.49. The second-order valence-electron chi connectivity index (χ2n) is 4.01. The van der Waals surface area contributed by atoms with Gasteiger partial charge < -0.3 is 0 Å². The van der Waals surface area contributed by atoms with E-state index in [1.165, 1.54) is 24.1 Å². The van der Waals surface area contributed by atoms with Gasteiger partial charge in [0.2, 0.25) is 11.6 Å². The number of carbonyl (C=O) groups excluding carboxylic acids is 1. The number of fused-ring (bicyclic) bond motifs is 3. The van der Waals surface area contributed by atoms with E-state index in [0.29, 0.717) is 11.3 Å². The Labute approximate surface area is 106 Å². The lowest BCUT2D eigenvalue weighted by molar-refractivity contribution is -0.123. The molecule has 2 heterocycles. The van der Waals surface area contributed by atoms with Gasteiger partial charge in [0, 0.05) is 23.2 Å². The number of alkyl halides is 1. The number of rotatable bonds is 0. The lowest BCUT2D eigenvalue weighted by Gasteiger charge is -2.18. The fraction of sp³-hybridized carbons (Fsp3) is 0.167. The Kier molecular flexibility index (Phi) is 2.04. The molecule has 3 nitrogen and oxygen atoms in total. The minimum atomic E-state index is -1.77. The summed E-state index contributed by atoms with van der Waals surface area (Å²) >= 11 is 3.31. The molecule has 1 aromatic rings. The first kappa shape index (κ1) is 10.7. The zero-order chi connectivity index (χ0) is 12.2. The molecule has 0 saturated heterocycles. The maximum atomic E-state index is 14.8. The monoisotopic (exact) mass is 294 g/mol. The number of carbonyl (C=O) groups is 1. The van der Waals surface area contributed by atoms with E-state index in [9.17, 15) is 9.18 Å². The van der Waals surface area contributed by atoms with Gasteiger partial charge in [0.25, 0.3) is 0 Å². The van der Waals surface area contributed by atoms with E-state index in [1.807, 2.05) is 0 Å². The smallest absolute Gasteiger partial charge is 0.228 e. The van der Waals surface area contributed by atoms with Crippen molar-refractivity contribution in [2.45, 2.75) is 12.6 Å². The molecule has 86 valence electrons. The van der Waals surface area contributed by atoms with Crippen LogP contribution < -0.4 is 0 Å². The number of aliphatic imine (C=N–C) groups is 1. The second kappa shape index (κ2) is 3.26. The summed E-state index contributed by atoms with van der Waals surface area (Å²) in [6.07, 6.45) is 2.80. The fourth-order valence-corrected chi connectivity index (χ4v) is 2.47. The zero-order valence-corrected chi connectivity index (χ0v) is 10.5. The Bertz CT molecular complexity index is 596. The molecule has 0 aromatic heterocycles. The van der Waals surface area contributed by atoms with Gasteiger partial charge in [0.1, 0.15) is 0 Å². The summed E-state index contributed by atoms with van der Waals surface area (Å²) < 4.78 is 15.6. The van der Waals surface area contributed by atoms with Gasteiger partial charge >= 0.3 is 0 Å². The summed E-state index contributed by atoms with van der Waals surface area (Å²) in [6.45, 7) is 1.39. The third kappa shape index (κ3) is 1.32. The predicted molar refractivity (Wildman–Crippen MR) is 65.7 cm³/mol. The highest BCUT2D eigenvalue weighted by atomic mass is 79.9. The molecule has 1 aromatic carbocycles. The van der Waals surface area contributed by atoms with Crippen LogP contribution in [0.3, 0.4) is 0 Å². The number of amidine groups is 1. The Balaban J connectivity index is 2.18. The Morgan fingerprint density at radius 2 is 2.29 bits per heavy atom. The Morgan fingerprint density at radius 3 is 3.00 bits per heavy atom. The van der Waals surface area contributed by atoms with E-state index in [1.54, 1.807) is 18.2 Å². The lowest BCUT2D eigenvalue weighted by atomic mass is 9.97. The number of halogens is 2. The Morgan fingerprint density at radius 1 is 1.53 bits per heavy atom. The van der Waals surface area contributed by atoms with E-state index in [0.717, 1.165) is 4.47 Å². The van der Waals surface area contributed by atoms with E-state index in [2.05, 4.69) is 20.9 Å². The number of hydrogen-bond donors (Lipinski definition) is 0. The largest absolute Gasteiger partial charge is 0.274 e. The maximum absolute atomic E-state index is 14.8. The summed E-state index contributed by atoms with van der Waals surface area (Å²) in [5.74, 6) is -0.107. The third-order valence-electron chi connectivity index (χ3n) is 2.92. The number of benzene rings is 1.